The van der Waals surface area contributed by atoms with Crippen LogP contribution in [0, 0.1) is 12.7 Å². The van der Waals surface area contributed by atoms with Crippen LogP contribution < -0.4 is 0 Å². The van der Waals surface area contributed by atoms with Crippen LogP contribution in [0.4, 0.5) is 9.18 Å². The van der Waals surface area contributed by atoms with Crippen LogP contribution in [-0.2, 0) is 11.3 Å². The van der Waals surface area contributed by atoms with Gasteiger partial charge in [-0.1, -0.05) is 23.2 Å². The van der Waals surface area contributed by atoms with Crippen molar-refractivity contribution in [2.24, 2.45) is 0 Å². The Morgan fingerprint density at radius 2 is 1.80 bits per heavy atom. The minimum absolute atomic E-state index is 0.124. The molecule has 0 aliphatic carbocycles. The molecular formula is C24H26Cl2FN5O3. The van der Waals surface area contributed by atoms with E-state index in [2.05, 4.69) is 15.0 Å². The van der Waals surface area contributed by atoms with Crippen molar-refractivity contribution in [1.82, 2.24) is 24.4 Å². The highest BCUT2D eigenvalue weighted by Gasteiger charge is 2.28. The minimum Gasteiger partial charge on any atom is -0.444 e. The van der Waals surface area contributed by atoms with Crippen molar-refractivity contribution in [2.75, 3.05) is 26.2 Å². The number of halogens is 3. The van der Waals surface area contributed by atoms with Gasteiger partial charge in [-0.2, -0.15) is 5.10 Å². The van der Waals surface area contributed by atoms with Crippen molar-refractivity contribution in [1.29, 1.82) is 0 Å². The molecule has 0 spiro atoms. The Balaban J connectivity index is 1.57. The van der Waals surface area contributed by atoms with Gasteiger partial charge in [0.05, 0.1) is 11.3 Å². The van der Waals surface area contributed by atoms with Crippen molar-refractivity contribution < 1.29 is 18.7 Å². The van der Waals surface area contributed by atoms with Crippen LogP contribution >= 0.6 is 23.2 Å². The molecule has 0 unspecified atom stereocenters. The Bertz CT molecular complexity index is 1300. The quantitative estimate of drug-likeness (QED) is 0.460. The minimum atomic E-state index is -0.720. The Hall–Kier alpha value is -2.75. The highest BCUT2D eigenvalue weighted by molar-refractivity contribution is 6.30. The molecule has 3 aromatic rings. The fraction of sp³-hybridized carbons (Fsp3) is 0.417. The van der Waals surface area contributed by atoms with Gasteiger partial charge in [0.2, 0.25) is 5.78 Å². The van der Waals surface area contributed by atoms with E-state index in [1.165, 1.54) is 16.6 Å². The number of benzene rings is 1. The molecule has 0 bridgehead atoms. The molecule has 8 nitrogen and oxygen atoms in total. The molecule has 0 N–H and O–H groups in total. The lowest BCUT2D eigenvalue weighted by Gasteiger charge is -2.35. The molecule has 3 heterocycles. The average molecular weight is 522 g/mol. The molecule has 1 aliphatic rings. The van der Waals surface area contributed by atoms with E-state index in [1.54, 1.807) is 17.9 Å². The highest BCUT2D eigenvalue weighted by atomic mass is 35.5. The Kier molecular flexibility index (Phi) is 7.04. The molecule has 1 aliphatic heterocycles. The number of aromatic nitrogens is 3. The van der Waals surface area contributed by atoms with Crippen LogP contribution in [-0.4, -0.2) is 68.1 Å². The summed E-state index contributed by atoms with van der Waals surface area (Å²) in [5.41, 5.74) is 1.13. The number of amides is 1. The number of imidazole rings is 1. The lowest BCUT2D eigenvalue weighted by atomic mass is 10.1. The van der Waals surface area contributed by atoms with Gasteiger partial charge in [-0.05, 0) is 52.0 Å². The van der Waals surface area contributed by atoms with Gasteiger partial charge in [0, 0.05) is 43.3 Å². The third-order valence-corrected chi connectivity index (χ3v) is 6.03. The lowest BCUT2D eigenvalue weighted by molar-refractivity contribution is 0.0139. The summed E-state index contributed by atoms with van der Waals surface area (Å²) in [6.07, 6.45) is -0.326. The van der Waals surface area contributed by atoms with Crippen molar-refractivity contribution in [3.05, 3.63) is 62.8 Å². The van der Waals surface area contributed by atoms with Crippen LogP contribution in [0.5, 0.6) is 0 Å². The first-order chi connectivity index (χ1) is 16.4. The number of nitrogens with zero attached hydrogens (tertiary/aromatic N) is 5. The molecule has 35 heavy (non-hydrogen) atoms. The third kappa shape index (κ3) is 5.58. The van der Waals surface area contributed by atoms with E-state index in [9.17, 15) is 14.0 Å². The molecule has 0 saturated carbocycles. The monoisotopic (exact) mass is 521 g/mol. The van der Waals surface area contributed by atoms with Crippen LogP contribution in [0.1, 0.15) is 48.1 Å². The predicted molar refractivity (Wildman–Crippen MR) is 131 cm³/mol. The maximum absolute atomic E-state index is 14.4. The van der Waals surface area contributed by atoms with Gasteiger partial charge >= 0.3 is 6.09 Å². The zero-order chi connectivity index (χ0) is 25.5. The smallest absolute Gasteiger partial charge is 0.410 e. The Morgan fingerprint density at radius 3 is 2.43 bits per heavy atom. The number of ketones is 1. The van der Waals surface area contributed by atoms with Gasteiger partial charge in [-0.25, -0.2) is 18.7 Å². The highest BCUT2D eigenvalue weighted by Crippen LogP contribution is 2.24. The van der Waals surface area contributed by atoms with Gasteiger partial charge in [0.25, 0.3) is 0 Å². The fourth-order valence-electron chi connectivity index (χ4n) is 3.99. The number of carbonyl (C=O) groups excluding carboxylic acids is 2. The lowest BCUT2D eigenvalue weighted by Crippen LogP contribution is -2.49. The standard InChI is InChI=1S/C24H26Cl2FN5O3/c1-14-20(21(33)17-6-5-16(25)12-18(17)27)32-22(28-14)15(11-19(26)29-32)13-30-7-9-31(10-8-30)23(34)35-24(2,3)4/h5-6,11-12H,7-10,13H2,1-4H3. The van der Waals surface area contributed by atoms with Crippen molar-refractivity contribution in [2.45, 2.75) is 39.8 Å². The first kappa shape index (κ1) is 25.3. The van der Waals surface area contributed by atoms with Crippen LogP contribution in [0.2, 0.25) is 10.2 Å². The van der Waals surface area contributed by atoms with Crippen molar-refractivity contribution in [3.8, 4) is 0 Å². The molecule has 0 atom stereocenters. The number of carbonyl (C=O) groups is 2. The van der Waals surface area contributed by atoms with E-state index >= 15 is 0 Å². The van der Waals surface area contributed by atoms with E-state index in [0.29, 0.717) is 44.1 Å². The van der Waals surface area contributed by atoms with Crippen molar-refractivity contribution in [3.63, 3.8) is 0 Å². The molecule has 186 valence electrons. The summed E-state index contributed by atoms with van der Waals surface area (Å²) < 4.78 is 21.3. The molecule has 1 aromatic carbocycles. The summed E-state index contributed by atoms with van der Waals surface area (Å²) in [5, 5.41) is 4.66. The number of hydrogen-bond donors (Lipinski definition) is 0. The van der Waals surface area contributed by atoms with Crippen LogP contribution in [0.15, 0.2) is 24.3 Å². The molecule has 0 radical (unpaired) electrons. The second-order valence-electron chi connectivity index (χ2n) is 9.47. The maximum Gasteiger partial charge on any atom is 0.410 e. The number of hydrogen-bond acceptors (Lipinski definition) is 6. The second-order valence-corrected chi connectivity index (χ2v) is 10.3. The number of aryl methyl sites for hydroxylation is 1. The van der Waals surface area contributed by atoms with Gasteiger partial charge in [-0.15, -0.1) is 0 Å². The summed E-state index contributed by atoms with van der Waals surface area (Å²) >= 11 is 12.1. The molecule has 1 amide bonds. The van der Waals surface area contributed by atoms with Crippen molar-refractivity contribution >= 4 is 40.7 Å². The number of piperazine rings is 1. The molecule has 11 heteroatoms. The summed E-state index contributed by atoms with van der Waals surface area (Å²) in [7, 11) is 0. The topological polar surface area (TPSA) is 80.0 Å². The molecule has 2 aromatic heterocycles. The van der Waals surface area contributed by atoms with Gasteiger partial charge in [0.1, 0.15) is 17.1 Å². The summed E-state index contributed by atoms with van der Waals surface area (Å²) in [6, 6.07) is 5.60. The van der Waals surface area contributed by atoms with Crippen LogP contribution in [0.3, 0.4) is 0 Å². The van der Waals surface area contributed by atoms with Gasteiger partial charge < -0.3 is 9.64 Å². The zero-order valence-electron chi connectivity index (χ0n) is 19.9. The third-order valence-electron chi connectivity index (χ3n) is 5.61. The average Bonchev–Trinajstić information content (AvgIpc) is 3.08. The molecular weight excluding hydrogens is 496 g/mol. The van der Waals surface area contributed by atoms with Gasteiger partial charge in [0.15, 0.2) is 10.8 Å². The summed E-state index contributed by atoms with van der Waals surface area (Å²) in [6.45, 7) is 10.00. The number of rotatable bonds is 4. The SMILES string of the molecule is Cc1nc2c(CN3CCN(C(=O)OC(C)(C)C)CC3)cc(Cl)nn2c1C(=O)c1ccc(Cl)cc1F. The summed E-state index contributed by atoms with van der Waals surface area (Å²) in [5.74, 6) is -1.28. The first-order valence-electron chi connectivity index (χ1n) is 11.2. The maximum atomic E-state index is 14.4. The number of fused-ring (bicyclic) bond motifs is 1. The van der Waals surface area contributed by atoms with E-state index < -0.39 is 17.2 Å². The molecule has 1 saturated heterocycles. The van der Waals surface area contributed by atoms with Gasteiger partial charge in [-0.3, -0.25) is 9.69 Å². The fourth-order valence-corrected chi connectivity index (χ4v) is 4.36. The second kappa shape index (κ2) is 9.72. The molecule has 1 fully saturated rings. The van der Waals surface area contributed by atoms with E-state index in [1.807, 2.05) is 20.8 Å². The summed E-state index contributed by atoms with van der Waals surface area (Å²) in [4.78, 5) is 34.0. The predicted octanol–water partition coefficient (Wildman–Crippen LogP) is 4.77. The Morgan fingerprint density at radius 1 is 1.11 bits per heavy atom. The van der Waals surface area contributed by atoms with E-state index in [-0.39, 0.29) is 27.5 Å². The van der Waals surface area contributed by atoms with Crippen LogP contribution in [0.25, 0.3) is 5.65 Å². The Labute approximate surface area is 212 Å². The zero-order valence-corrected chi connectivity index (χ0v) is 21.5. The normalized spacial score (nSPS) is 15.0. The van der Waals surface area contributed by atoms with E-state index in [0.717, 1.165) is 11.6 Å². The largest absolute Gasteiger partial charge is 0.444 e. The van der Waals surface area contributed by atoms with E-state index in [4.69, 9.17) is 27.9 Å². The first-order valence-corrected chi connectivity index (χ1v) is 11.9. The number of ether oxygens (including phenoxy) is 1. The molecule has 4 rings (SSSR count).